The second-order valence-corrected chi connectivity index (χ2v) is 5.39. The molecule has 4 fully saturated rings. The van der Waals surface area contributed by atoms with E-state index in [1.54, 1.807) is 0 Å². The van der Waals surface area contributed by atoms with Crippen LogP contribution in [-0.4, -0.2) is 5.54 Å². The summed E-state index contributed by atoms with van der Waals surface area (Å²) in [5.74, 6) is 3.06. The van der Waals surface area contributed by atoms with Gasteiger partial charge in [0.05, 0.1) is 0 Å². The van der Waals surface area contributed by atoms with E-state index in [0.717, 1.165) is 17.8 Å². The van der Waals surface area contributed by atoms with Gasteiger partial charge in [0.25, 0.3) is 0 Å². The fourth-order valence-electron chi connectivity index (χ4n) is 4.18. The normalized spacial score (nSPS) is 47.9. The smallest absolute Gasteiger partial charge is 0.211 e. The maximum Gasteiger partial charge on any atom is 0.211 e. The summed E-state index contributed by atoms with van der Waals surface area (Å²) in [6.07, 6.45) is 8.57. The largest absolute Gasteiger partial charge is 0.325 e. The van der Waals surface area contributed by atoms with Crippen molar-refractivity contribution in [3.05, 3.63) is 0 Å². The van der Waals surface area contributed by atoms with Gasteiger partial charge in [0.15, 0.2) is 0 Å². The highest BCUT2D eigenvalue weighted by Gasteiger charge is 2.48. The lowest BCUT2D eigenvalue weighted by Gasteiger charge is -2.55. The van der Waals surface area contributed by atoms with Crippen molar-refractivity contribution in [1.82, 2.24) is 4.91 Å². The van der Waals surface area contributed by atoms with E-state index in [0.29, 0.717) is 5.54 Å². The third-order valence-corrected chi connectivity index (χ3v) is 4.09. The van der Waals surface area contributed by atoms with Crippen LogP contribution in [-0.2, 0) is 0 Å². The van der Waals surface area contributed by atoms with E-state index in [1.807, 2.05) is 4.91 Å². The van der Waals surface area contributed by atoms with Crippen LogP contribution in [0.2, 0.25) is 0 Å². The molecule has 4 aliphatic carbocycles. The Hall–Kier alpha value is -0.730. The lowest BCUT2D eigenvalue weighted by Crippen LogP contribution is -2.55. The van der Waals surface area contributed by atoms with E-state index < -0.39 is 0 Å². The van der Waals surface area contributed by atoms with Gasteiger partial charge in [0.1, 0.15) is 11.1 Å². The monoisotopic (exact) mass is 195 g/mol. The molecule has 4 N–H and O–H groups in total. The average Bonchev–Trinajstić information content (AvgIpc) is 1.99. The van der Waals surface area contributed by atoms with E-state index in [2.05, 4.69) is 0 Å². The van der Waals surface area contributed by atoms with Crippen LogP contribution in [0, 0.1) is 28.8 Å². The highest BCUT2D eigenvalue weighted by Crippen LogP contribution is 2.54. The molecule has 0 aliphatic heterocycles. The van der Waals surface area contributed by atoms with Crippen molar-refractivity contribution >= 4 is 0 Å². The number of nitrogens with two attached hydrogens (primary N) is 1. The minimum absolute atomic E-state index is 0.300. The number of hydrogen-bond donors (Lipinski definition) is 3. The molecule has 4 heteroatoms. The van der Waals surface area contributed by atoms with E-state index in [-0.39, 0.29) is 0 Å². The first-order valence-corrected chi connectivity index (χ1v) is 5.47. The van der Waals surface area contributed by atoms with E-state index in [9.17, 15) is 0 Å². The van der Waals surface area contributed by atoms with Crippen LogP contribution in [0.4, 0.5) is 0 Å². The van der Waals surface area contributed by atoms with Gasteiger partial charge in [-0.05, 0) is 56.3 Å². The van der Waals surface area contributed by atoms with Gasteiger partial charge in [-0.1, -0.05) is 0 Å². The van der Waals surface area contributed by atoms with Gasteiger partial charge in [0.2, 0.25) is 4.91 Å². The van der Waals surface area contributed by atoms with Crippen molar-refractivity contribution in [3.63, 3.8) is 0 Å². The molecular weight excluding hydrogens is 176 g/mol. The summed E-state index contributed by atoms with van der Waals surface area (Å²) in [6, 6.07) is 0. The van der Waals surface area contributed by atoms with Crippen LogP contribution < -0.4 is 10.6 Å². The maximum atomic E-state index is 6.32. The Morgan fingerprint density at radius 3 is 1.43 bits per heavy atom. The van der Waals surface area contributed by atoms with Crippen molar-refractivity contribution in [2.75, 3.05) is 0 Å². The summed E-state index contributed by atoms with van der Waals surface area (Å²) in [4.78, 5) is 2.00. The van der Waals surface area contributed by atoms with Gasteiger partial charge in [-0.3, -0.25) is 0 Å². The van der Waals surface area contributed by atoms with Crippen molar-refractivity contribution in [2.24, 2.45) is 23.5 Å². The highest BCUT2D eigenvalue weighted by atomic mass is 15.0. The lowest BCUT2D eigenvalue weighted by atomic mass is 9.53. The van der Waals surface area contributed by atoms with Crippen LogP contribution in [0.5, 0.6) is 0 Å². The SMILES string of the molecule is N=[N+]=N.NC12CC3CC(CC(C3)C1)C2. The molecular formula is C10H19N4+. The van der Waals surface area contributed by atoms with Crippen molar-refractivity contribution < 1.29 is 0 Å². The molecule has 0 unspecified atom stereocenters. The summed E-state index contributed by atoms with van der Waals surface area (Å²) >= 11 is 0. The molecule has 14 heavy (non-hydrogen) atoms. The molecule has 4 saturated carbocycles. The molecule has 4 aliphatic rings. The molecule has 0 spiro atoms. The Balaban J connectivity index is 0.000000226. The standard InChI is InChI=1S/C10H17N.H2N3/c11-10-4-7-1-8(5-10)3-9(2-7)6-10;1-3-2/h7-9H,1-6,11H2;1-2H/q;+1. The Kier molecular flexibility index (Phi) is 2.41. The van der Waals surface area contributed by atoms with Crippen LogP contribution in [0.25, 0.3) is 0 Å². The van der Waals surface area contributed by atoms with Crippen LogP contribution in [0.3, 0.4) is 0 Å². The predicted molar refractivity (Wildman–Crippen MR) is 52.7 cm³/mol. The number of nitrogens with one attached hydrogen (secondary N) is 2. The molecule has 4 nitrogen and oxygen atoms in total. The van der Waals surface area contributed by atoms with E-state index in [1.165, 1.54) is 38.5 Å². The van der Waals surface area contributed by atoms with E-state index >= 15 is 0 Å². The van der Waals surface area contributed by atoms with Gasteiger partial charge in [-0.15, -0.1) is 0 Å². The highest BCUT2D eigenvalue weighted by molar-refractivity contribution is 5.04. The van der Waals surface area contributed by atoms with Gasteiger partial charge >= 0.3 is 0 Å². The number of hydrogen-bond acceptors (Lipinski definition) is 3. The van der Waals surface area contributed by atoms with Gasteiger partial charge in [-0.25, -0.2) is 0 Å². The van der Waals surface area contributed by atoms with Crippen molar-refractivity contribution in [1.29, 1.82) is 11.1 Å². The first-order valence-electron chi connectivity index (χ1n) is 5.47. The molecule has 0 amide bonds. The third kappa shape index (κ3) is 1.72. The minimum Gasteiger partial charge on any atom is -0.325 e. The summed E-state index contributed by atoms with van der Waals surface area (Å²) in [7, 11) is 0. The second-order valence-electron chi connectivity index (χ2n) is 5.39. The number of rotatable bonds is 0. The minimum atomic E-state index is 0.300. The molecule has 0 saturated heterocycles. The molecule has 4 bridgehead atoms. The molecule has 78 valence electrons. The Morgan fingerprint density at radius 1 is 0.929 bits per heavy atom. The quantitative estimate of drug-likeness (QED) is 0.401. The Bertz CT molecular complexity index is 220. The van der Waals surface area contributed by atoms with Crippen molar-refractivity contribution in [2.45, 2.75) is 44.1 Å². The zero-order valence-corrected chi connectivity index (χ0v) is 8.50. The summed E-state index contributed by atoms with van der Waals surface area (Å²) in [5, 5.41) is 0. The summed E-state index contributed by atoms with van der Waals surface area (Å²) in [5.41, 5.74) is 17.6. The third-order valence-electron chi connectivity index (χ3n) is 4.09. The zero-order valence-electron chi connectivity index (χ0n) is 8.50. The van der Waals surface area contributed by atoms with Crippen LogP contribution >= 0.6 is 0 Å². The van der Waals surface area contributed by atoms with Gasteiger partial charge in [0, 0.05) is 5.54 Å². The lowest BCUT2D eigenvalue weighted by molar-refractivity contribution is 0.000365. The predicted octanol–water partition coefficient (Wildman–Crippen LogP) is 2.03. The Labute approximate surface area is 84.3 Å². The molecule has 0 aromatic rings. The molecule has 0 aromatic carbocycles. The number of nitrogens with zero attached hydrogens (tertiary/aromatic N) is 1. The van der Waals surface area contributed by atoms with Gasteiger partial charge in [-0.2, -0.15) is 0 Å². The maximum absolute atomic E-state index is 6.32. The second kappa shape index (κ2) is 3.44. The van der Waals surface area contributed by atoms with Crippen LogP contribution in [0.15, 0.2) is 0 Å². The summed E-state index contributed by atoms with van der Waals surface area (Å²) < 4.78 is 0. The Morgan fingerprint density at radius 2 is 1.21 bits per heavy atom. The van der Waals surface area contributed by atoms with Crippen LogP contribution in [0.1, 0.15) is 38.5 Å². The fraction of sp³-hybridized carbons (Fsp3) is 1.00. The van der Waals surface area contributed by atoms with E-state index in [4.69, 9.17) is 16.8 Å². The molecule has 0 heterocycles. The first kappa shape index (κ1) is 9.81. The average molecular weight is 195 g/mol. The topological polar surface area (TPSA) is 87.8 Å². The first-order chi connectivity index (χ1) is 6.65. The van der Waals surface area contributed by atoms with Crippen molar-refractivity contribution in [3.8, 4) is 0 Å². The fourth-order valence-corrected chi connectivity index (χ4v) is 4.18. The zero-order chi connectivity index (χ0) is 10.2. The molecule has 0 aromatic heterocycles. The molecule has 4 rings (SSSR count). The molecule has 0 radical (unpaired) electrons. The molecule has 0 atom stereocenters. The van der Waals surface area contributed by atoms with Gasteiger partial charge < -0.3 is 5.73 Å². The summed E-state index contributed by atoms with van der Waals surface area (Å²) in [6.45, 7) is 0.